The fraction of sp³-hybridized carbons (Fsp3) is 1.00. The Bertz CT molecular complexity index is 38.7. The summed E-state index contributed by atoms with van der Waals surface area (Å²) in [5, 5.41) is 23.8. The molecule has 42 valence electrons. The van der Waals surface area contributed by atoms with Crippen molar-refractivity contribution >= 4 is 7.32 Å². The minimum atomic E-state index is -1.76. The molecule has 0 aromatic rings. The highest BCUT2D eigenvalue weighted by molar-refractivity contribution is 6.32. The monoisotopic (exact) mass is 106 g/mol. The second-order valence-electron chi connectivity index (χ2n) is 0.921. The quantitative estimate of drug-likeness (QED) is 0.362. The molecule has 7 heavy (non-hydrogen) atoms. The van der Waals surface area contributed by atoms with Crippen LogP contribution in [0.25, 0.3) is 0 Å². The first-order valence-corrected chi connectivity index (χ1v) is 1.86. The lowest BCUT2D eigenvalue weighted by atomic mass is 10.3. The van der Waals surface area contributed by atoms with E-state index in [1.54, 1.807) is 0 Å². The molecule has 0 saturated carbocycles. The third kappa shape index (κ3) is 5.90. The summed E-state index contributed by atoms with van der Waals surface area (Å²) in [6.45, 7) is -0.241. The molecule has 0 heterocycles. The summed E-state index contributed by atoms with van der Waals surface area (Å²) in [4.78, 5) is 0. The van der Waals surface area contributed by atoms with Gasteiger partial charge in [-0.25, -0.2) is 0 Å². The van der Waals surface area contributed by atoms with Crippen molar-refractivity contribution in [1.29, 1.82) is 0 Å². The topological polar surface area (TPSA) is 69.9 Å². The maximum Gasteiger partial charge on any atom is 0.633 e. The second-order valence-corrected chi connectivity index (χ2v) is 0.921. The fourth-order valence-electron chi connectivity index (χ4n) is 0.158. The maximum atomic E-state index is 7.97. The first kappa shape index (κ1) is 6.90. The van der Waals surface area contributed by atoms with E-state index < -0.39 is 7.32 Å². The number of hydrogen-bond acceptors (Lipinski definition) is 4. The molecule has 0 amide bonds. The van der Waals surface area contributed by atoms with Gasteiger partial charge < -0.3 is 19.8 Å². The van der Waals surface area contributed by atoms with Crippen molar-refractivity contribution in [3.8, 4) is 0 Å². The largest absolute Gasteiger partial charge is 0.633 e. The fourth-order valence-corrected chi connectivity index (χ4v) is 0.158. The predicted molar refractivity (Wildman–Crippen MR) is 23.2 cm³/mol. The number of aliphatic hydroxyl groups is 1. The van der Waals surface area contributed by atoms with Gasteiger partial charge in [-0.05, 0) is 0 Å². The minimum absolute atomic E-state index is 0.0440. The van der Waals surface area contributed by atoms with Crippen LogP contribution < -0.4 is 0 Å². The summed E-state index contributed by atoms with van der Waals surface area (Å²) >= 11 is 0. The third-order valence-corrected chi connectivity index (χ3v) is 0.358. The molecule has 0 aliphatic carbocycles. The number of rotatable bonds is 3. The maximum absolute atomic E-state index is 7.97. The van der Waals surface area contributed by atoms with Gasteiger partial charge >= 0.3 is 7.32 Å². The molecular formula is C2H7BO4. The Balaban J connectivity index is 2.68. The van der Waals surface area contributed by atoms with Gasteiger partial charge in [-0.15, -0.1) is 0 Å². The van der Waals surface area contributed by atoms with E-state index in [1.807, 2.05) is 0 Å². The van der Waals surface area contributed by atoms with Crippen molar-refractivity contribution in [2.45, 2.75) is 0 Å². The van der Waals surface area contributed by atoms with Gasteiger partial charge in [0.1, 0.15) is 0 Å². The first-order chi connectivity index (χ1) is 3.27. The van der Waals surface area contributed by atoms with E-state index in [4.69, 9.17) is 15.2 Å². The van der Waals surface area contributed by atoms with E-state index in [0.717, 1.165) is 0 Å². The highest BCUT2D eigenvalue weighted by Crippen LogP contribution is 1.70. The summed E-state index contributed by atoms with van der Waals surface area (Å²) in [6, 6.07) is 0. The minimum Gasteiger partial charge on any atom is -0.402 e. The molecule has 0 rings (SSSR count). The Morgan fingerprint density at radius 1 is 1.43 bits per heavy atom. The van der Waals surface area contributed by atoms with Gasteiger partial charge in [0, 0.05) is 0 Å². The van der Waals surface area contributed by atoms with Crippen molar-refractivity contribution in [3.63, 3.8) is 0 Å². The van der Waals surface area contributed by atoms with Crippen molar-refractivity contribution in [2.75, 3.05) is 13.2 Å². The standard InChI is InChI=1S/C2H7BO4/c4-1-2-7-3(5)6/h4-6H,1-2H2. The van der Waals surface area contributed by atoms with Crippen molar-refractivity contribution in [3.05, 3.63) is 0 Å². The first-order valence-electron chi connectivity index (χ1n) is 1.86. The second kappa shape index (κ2) is 4.07. The molecule has 0 fully saturated rings. The lowest BCUT2D eigenvalue weighted by molar-refractivity contribution is 0.141. The molecule has 0 bridgehead atoms. The van der Waals surface area contributed by atoms with E-state index in [1.165, 1.54) is 0 Å². The molecule has 0 aliphatic rings. The molecule has 0 aromatic carbocycles. The van der Waals surface area contributed by atoms with Gasteiger partial charge in [-0.2, -0.15) is 0 Å². The lowest BCUT2D eigenvalue weighted by Crippen LogP contribution is -2.18. The van der Waals surface area contributed by atoms with Crippen LogP contribution in [0.2, 0.25) is 0 Å². The van der Waals surface area contributed by atoms with Crippen molar-refractivity contribution < 1.29 is 19.8 Å². The zero-order chi connectivity index (χ0) is 5.70. The molecule has 4 nitrogen and oxygen atoms in total. The summed E-state index contributed by atoms with van der Waals surface area (Å²) in [7, 11) is -1.76. The van der Waals surface area contributed by atoms with E-state index >= 15 is 0 Å². The molecule has 0 unspecified atom stereocenters. The van der Waals surface area contributed by atoms with Crippen LogP contribution in [0.3, 0.4) is 0 Å². The molecule has 0 aliphatic heterocycles. The van der Waals surface area contributed by atoms with Crippen LogP contribution in [0, 0.1) is 0 Å². The SMILES string of the molecule is OCCOB(O)O. The molecule has 0 atom stereocenters. The Morgan fingerprint density at radius 2 is 2.00 bits per heavy atom. The molecule has 0 spiro atoms. The molecule has 5 heteroatoms. The highest BCUT2D eigenvalue weighted by atomic mass is 16.6. The van der Waals surface area contributed by atoms with Crippen LogP contribution in [-0.2, 0) is 4.65 Å². The van der Waals surface area contributed by atoms with Gasteiger partial charge in [0.05, 0.1) is 13.2 Å². The van der Waals surface area contributed by atoms with Crippen LogP contribution in [0.5, 0.6) is 0 Å². The van der Waals surface area contributed by atoms with E-state index in [2.05, 4.69) is 4.65 Å². The Kier molecular flexibility index (Phi) is 4.02. The smallest absolute Gasteiger partial charge is 0.402 e. The average Bonchev–Trinajstić information content (AvgIpc) is 1.61. The Labute approximate surface area is 41.5 Å². The Morgan fingerprint density at radius 3 is 2.14 bits per heavy atom. The highest BCUT2D eigenvalue weighted by Gasteiger charge is 2.05. The van der Waals surface area contributed by atoms with Crippen molar-refractivity contribution in [1.82, 2.24) is 0 Å². The van der Waals surface area contributed by atoms with E-state index in [9.17, 15) is 0 Å². The molecule has 0 radical (unpaired) electrons. The average molecular weight is 106 g/mol. The van der Waals surface area contributed by atoms with Crippen LogP contribution in [0.15, 0.2) is 0 Å². The normalized spacial score (nSPS) is 9.00. The van der Waals surface area contributed by atoms with Gasteiger partial charge in [-0.3, -0.25) is 0 Å². The number of aliphatic hydroxyl groups excluding tert-OH is 1. The summed E-state index contributed by atoms with van der Waals surface area (Å²) < 4.78 is 4.05. The van der Waals surface area contributed by atoms with Crippen molar-refractivity contribution in [2.24, 2.45) is 0 Å². The molecular weight excluding hydrogens is 98.8 g/mol. The third-order valence-electron chi connectivity index (χ3n) is 0.358. The van der Waals surface area contributed by atoms with Gasteiger partial charge in [0.25, 0.3) is 0 Å². The molecule has 3 N–H and O–H groups in total. The van der Waals surface area contributed by atoms with Crippen LogP contribution in [0.4, 0.5) is 0 Å². The Hall–Kier alpha value is -0.0951. The molecule has 0 saturated heterocycles. The van der Waals surface area contributed by atoms with Gasteiger partial charge in [0.15, 0.2) is 0 Å². The lowest BCUT2D eigenvalue weighted by Gasteiger charge is -1.95. The molecule has 0 aromatic heterocycles. The number of hydrogen-bond donors (Lipinski definition) is 3. The van der Waals surface area contributed by atoms with E-state index in [-0.39, 0.29) is 13.2 Å². The van der Waals surface area contributed by atoms with Crippen LogP contribution in [-0.4, -0.2) is 35.7 Å². The predicted octanol–water partition coefficient (Wildman–Crippen LogP) is -2.04. The summed E-state index contributed by atoms with van der Waals surface area (Å²) in [5.41, 5.74) is 0. The van der Waals surface area contributed by atoms with Gasteiger partial charge in [0.2, 0.25) is 0 Å². The van der Waals surface area contributed by atoms with E-state index in [0.29, 0.717) is 0 Å². The van der Waals surface area contributed by atoms with Gasteiger partial charge in [-0.1, -0.05) is 0 Å². The zero-order valence-electron chi connectivity index (χ0n) is 3.74. The summed E-state index contributed by atoms with van der Waals surface area (Å²) in [5.74, 6) is 0. The summed E-state index contributed by atoms with van der Waals surface area (Å²) in [6.07, 6.45) is 0. The van der Waals surface area contributed by atoms with Crippen LogP contribution >= 0.6 is 0 Å². The van der Waals surface area contributed by atoms with Crippen LogP contribution in [0.1, 0.15) is 0 Å². The zero-order valence-corrected chi connectivity index (χ0v) is 3.74.